The highest BCUT2D eigenvalue weighted by Crippen LogP contribution is 2.28. The normalized spacial score (nSPS) is 12.5. The van der Waals surface area contributed by atoms with Crippen molar-refractivity contribution in [3.05, 3.63) is 41.2 Å². The third-order valence-corrected chi connectivity index (χ3v) is 4.68. The van der Waals surface area contributed by atoms with Crippen molar-refractivity contribution < 1.29 is 4.79 Å². The van der Waals surface area contributed by atoms with Gasteiger partial charge in [0.2, 0.25) is 5.91 Å². The van der Waals surface area contributed by atoms with Crippen molar-refractivity contribution in [1.29, 1.82) is 0 Å². The Morgan fingerprint density at radius 3 is 2.77 bits per heavy atom. The summed E-state index contributed by atoms with van der Waals surface area (Å²) in [4.78, 5) is 16.4. The molecule has 0 saturated carbocycles. The maximum absolute atomic E-state index is 12.1. The van der Waals surface area contributed by atoms with Crippen molar-refractivity contribution in [3.63, 3.8) is 0 Å². The predicted octanol–water partition coefficient (Wildman–Crippen LogP) is 3.84. The Labute approximate surface area is 140 Å². The van der Waals surface area contributed by atoms with Crippen LogP contribution in [0.25, 0.3) is 5.69 Å². The molecule has 1 aromatic carbocycles. The molecule has 1 aromatic heterocycles. The number of halogens is 1. The smallest absolute Gasteiger partial charge is 0.233 e. The number of imidazole rings is 1. The first kappa shape index (κ1) is 16.9. The molecule has 0 radical (unpaired) electrons. The largest absolute Gasteiger partial charge is 0.353 e. The van der Waals surface area contributed by atoms with E-state index in [0.717, 1.165) is 16.4 Å². The fourth-order valence-electron chi connectivity index (χ4n) is 2.03. The minimum Gasteiger partial charge on any atom is -0.353 e. The molecule has 0 bridgehead atoms. The van der Waals surface area contributed by atoms with Crippen LogP contribution in [0, 0.1) is 6.92 Å². The van der Waals surface area contributed by atoms with Gasteiger partial charge in [-0.2, -0.15) is 0 Å². The third-order valence-electron chi connectivity index (χ3n) is 3.19. The Hall–Kier alpha value is -1.46. The number of hydrogen-bond acceptors (Lipinski definition) is 3. The summed E-state index contributed by atoms with van der Waals surface area (Å²) in [6.45, 7) is 7.75. The zero-order chi connectivity index (χ0) is 16.3. The van der Waals surface area contributed by atoms with E-state index < -0.39 is 0 Å². The van der Waals surface area contributed by atoms with Crippen LogP contribution in [-0.2, 0) is 4.79 Å². The summed E-state index contributed by atoms with van der Waals surface area (Å²) in [5.41, 5.74) is 1.97. The number of benzene rings is 1. The van der Waals surface area contributed by atoms with E-state index in [2.05, 4.69) is 10.3 Å². The van der Waals surface area contributed by atoms with Gasteiger partial charge in [0.25, 0.3) is 0 Å². The average molecular weight is 338 g/mol. The van der Waals surface area contributed by atoms with E-state index in [0.29, 0.717) is 5.02 Å². The van der Waals surface area contributed by atoms with Gasteiger partial charge in [-0.25, -0.2) is 4.98 Å². The van der Waals surface area contributed by atoms with Crippen molar-refractivity contribution in [3.8, 4) is 5.69 Å². The van der Waals surface area contributed by atoms with Crippen molar-refractivity contribution in [1.82, 2.24) is 14.9 Å². The van der Waals surface area contributed by atoms with Crippen LogP contribution >= 0.6 is 23.4 Å². The van der Waals surface area contributed by atoms with E-state index in [9.17, 15) is 4.79 Å². The number of aromatic nitrogens is 2. The number of carbonyl (C=O) groups is 1. The Kier molecular flexibility index (Phi) is 5.53. The molecule has 118 valence electrons. The Bertz CT molecular complexity index is 669. The Balaban J connectivity index is 2.23. The van der Waals surface area contributed by atoms with Gasteiger partial charge in [-0.1, -0.05) is 29.4 Å². The van der Waals surface area contributed by atoms with Gasteiger partial charge in [-0.3, -0.25) is 9.36 Å². The monoisotopic (exact) mass is 337 g/mol. The molecule has 0 aliphatic carbocycles. The maximum Gasteiger partial charge on any atom is 0.233 e. The molecule has 1 heterocycles. The molecule has 0 spiro atoms. The Morgan fingerprint density at radius 1 is 1.36 bits per heavy atom. The van der Waals surface area contributed by atoms with Gasteiger partial charge < -0.3 is 5.32 Å². The fourth-order valence-corrected chi connectivity index (χ4v) is 3.09. The second-order valence-corrected chi connectivity index (χ2v) is 7.10. The van der Waals surface area contributed by atoms with E-state index in [-0.39, 0.29) is 17.2 Å². The summed E-state index contributed by atoms with van der Waals surface area (Å²) in [6, 6.07) is 5.90. The fraction of sp³-hybridized carbons (Fsp3) is 0.375. The summed E-state index contributed by atoms with van der Waals surface area (Å²) in [5, 5.41) is 4.19. The molecule has 1 N–H and O–H groups in total. The average Bonchev–Trinajstić information content (AvgIpc) is 2.89. The number of thioether (sulfide) groups is 1. The molecule has 1 atom stereocenters. The molecule has 4 nitrogen and oxygen atoms in total. The van der Waals surface area contributed by atoms with E-state index >= 15 is 0 Å². The predicted molar refractivity (Wildman–Crippen MR) is 91.9 cm³/mol. The second kappa shape index (κ2) is 7.20. The highest BCUT2D eigenvalue weighted by atomic mass is 35.5. The Morgan fingerprint density at radius 2 is 2.09 bits per heavy atom. The van der Waals surface area contributed by atoms with Gasteiger partial charge in [0.1, 0.15) is 0 Å². The number of amides is 1. The molecule has 0 aliphatic heterocycles. The molecule has 6 heteroatoms. The van der Waals surface area contributed by atoms with Crippen LogP contribution in [0.15, 0.2) is 35.7 Å². The highest BCUT2D eigenvalue weighted by Gasteiger charge is 2.18. The van der Waals surface area contributed by atoms with Crippen LogP contribution in [0.3, 0.4) is 0 Å². The first-order valence-electron chi connectivity index (χ1n) is 7.16. The quantitative estimate of drug-likeness (QED) is 0.843. The number of nitrogens with one attached hydrogen (secondary N) is 1. The molecule has 0 unspecified atom stereocenters. The molecule has 0 saturated heterocycles. The first-order chi connectivity index (χ1) is 10.4. The lowest BCUT2D eigenvalue weighted by atomic mass is 10.2. The molecular formula is C16H20ClN3OS. The van der Waals surface area contributed by atoms with Crippen molar-refractivity contribution in [2.45, 2.75) is 44.1 Å². The molecule has 1 amide bonds. The zero-order valence-electron chi connectivity index (χ0n) is 13.1. The molecule has 22 heavy (non-hydrogen) atoms. The standard InChI is InChI=1S/C16H20ClN3OS/c1-10(2)19-15(21)12(4)22-16-18-8-9-20(16)14-7-5-6-13(17)11(14)3/h5-10,12H,1-4H3,(H,19,21)/t12-/m1/s1. The van der Waals surface area contributed by atoms with Crippen LogP contribution in [-0.4, -0.2) is 26.8 Å². The van der Waals surface area contributed by atoms with Gasteiger partial charge in [0.05, 0.1) is 10.9 Å². The summed E-state index contributed by atoms with van der Waals surface area (Å²) >= 11 is 7.62. The number of rotatable bonds is 5. The maximum atomic E-state index is 12.1. The third kappa shape index (κ3) is 3.84. The van der Waals surface area contributed by atoms with E-state index in [1.807, 2.05) is 56.7 Å². The van der Waals surface area contributed by atoms with Gasteiger partial charge in [0, 0.05) is 23.5 Å². The summed E-state index contributed by atoms with van der Waals surface area (Å²) in [5.74, 6) is 0.0115. The summed E-state index contributed by atoms with van der Waals surface area (Å²) < 4.78 is 1.96. The van der Waals surface area contributed by atoms with Crippen LogP contribution in [0.5, 0.6) is 0 Å². The number of nitrogens with zero attached hydrogens (tertiary/aromatic N) is 2. The first-order valence-corrected chi connectivity index (χ1v) is 8.41. The van der Waals surface area contributed by atoms with E-state index in [1.165, 1.54) is 11.8 Å². The number of hydrogen-bond donors (Lipinski definition) is 1. The molecule has 0 fully saturated rings. The van der Waals surface area contributed by atoms with Crippen molar-refractivity contribution in [2.24, 2.45) is 0 Å². The van der Waals surface area contributed by atoms with Crippen LogP contribution < -0.4 is 5.32 Å². The zero-order valence-corrected chi connectivity index (χ0v) is 14.7. The van der Waals surface area contributed by atoms with Gasteiger partial charge in [0.15, 0.2) is 5.16 Å². The summed E-state index contributed by atoms with van der Waals surface area (Å²) in [6.07, 6.45) is 3.61. The van der Waals surface area contributed by atoms with Crippen molar-refractivity contribution >= 4 is 29.3 Å². The van der Waals surface area contributed by atoms with Gasteiger partial charge in [-0.05, 0) is 45.4 Å². The lowest BCUT2D eigenvalue weighted by Gasteiger charge is -2.16. The summed E-state index contributed by atoms with van der Waals surface area (Å²) in [7, 11) is 0. The SMILES string of the molecule is Cc1c(Cl)cccc1-n1ccnc1S[C@H](C)C(=O)NC(C)C. The lowest BCUT2D eigenvalue weighted by Crippen LogP contribution is -2.36. The minimum atomic E-state index is -0.219. The highest BCUT2D eigenvalue weighted by molar-refractivity contribution is 8.00. The van der Waals surface area contributed by atoms with Crippen LogP contribution in [0.4, 0.5) is 0 Å². The number of carbonyl (C=O) groups excluding carboxylic acids is 1. The van der Waals surface area contributed by atoms with Crippen molar-refractivity contribution in [2.75, 3.05) is 0 Å². The molecule has 0 aliphatic rings. The molecule has 2 aromatic rings. The van der Waals surface area contributed by atoms with Gasteiger partial charge >= 0.3 is 0 Å². The lowest BCUT2D eigenvalue weighted by molar-refractivity contribution is -0.120. The second-order valence-electron chi connectivity index (χ2n) is 5.39. The molecule has 2 rings (SSSR count). The van der Waals surface area contributed by atoms with Crippen LogP contribution in [0.1, 0.15) is 26.3 Å². The van der Waals surface area contributed by atoms with Gasteiger partial charge in [-0.15, -0.1) is 0 Å². The topological polar surface area (TPSA) is 46.9 Å². The minimum absolute atomic E-state index is 0.0115. The molecular weight excluding hydrogens is 318 g/mol. The van der Waals surface area contributed by atoms with Crippen LogP contribution in [0.2, 0.25) is 5.02 Å². The van der Waals surface area contributed by atoms with E-state index in [1.54, 1.807) is 6.20 Å². The van der Waals surface area contributed by atoms with E-state index in [4.69, 9.17) is 11.6 Å².